The minimum absolute atomic E-state index is 0.0908. The molecule has 2 heterocycles. The molecule has 0 radical (unpaired) electrons. The minimum atomic E-state index is -0.0908. The topological polar surface area (TPSA) is 60.7 Å². The maximum absolute atomic E-state index is 13.6. The van der Waals surface area contributed by atoms with E-state index < -0.39 is 0 Å². The summed E-state index contributed by atoms with van der Waals surface area (Å²) in [6, 6.07) is 9.71. The van der Waals surface area contributed by atoms with Crippen molar-refractivity contribution >= 4 is 29.1 Å². The second kappa shape index (κ2) is 8.24. The van der Waals surface area contributed by atoms with Gasteiger partial charge >= 0.3 is 0 Å². The molecular formula is C26H27ClN4OS. The fourth-order valence-corrected chi connectivity index (χ4v) is 7.99. The minimum Gasteiger partial charge on any atom is -0.298 e. The maximum atomic E-state index is 13.6. The average Bonchev–Trinajstić information content (AvgIpc) is 3.22. The second-order valence-corrected chi connectivity index (χ2v) is 11.5. The molecule has 5 nitrogen and oxygen atoms in total. The molecule has 0 N–H and O–H groups in total. The highest BCUT2D eigenvalue weighted by atomic mass is 35.5. The van der Waals surface area contributed by atoms with Crippen LogP contribution in [0.5, 0.6) is 0 Å². The predicted molar refractivity (Wildman–Crippen MR) is 131 cm³/mol. The number of hydrogen-bond acceptors (Lipinski definition) is 5. The standard InChI is InChI=1S/C26H27ClN4OS/c1-16-21(27)3-2-4-22(16)31-24(20-5-7-28-8-6-20)29-30-25(31)33-15-23(32)26-12-17-9-18(13-26)11-19(10-17)14-26/h2-8,17-19H,9-15H2,1H3. The fourth-order valence-electron chi connectivity index (χ4n) is 6.84. The molecule has 2 aromatic heterocycles. The lowest BCUT2D eigenvalue weighted by molar-refractivity contribution is -0.141. The van der Waals surface area contributed by atoms with E-state index in [0.717, 1.165) is 64.8 Å². The second-order valence-electron chi connectivity index (χ2n) is 10.2. The Bertz CT molecular complexity index is 1170. The lowest BCUT2D eigenvalue weighted by atomic mass is 9.48. The molecule has 0 unspecified atom stereocenters. The Morgan fingerprint density at radius 3 is 2.39 bits per heavy atom. The van der Waals surface area contributed by atoms with Gasteiger partial charge in [-0.05, 0) is 93.0 Å². The zero-order valence-corrected chi connectivity index (χ0v) is 20.3. The highest BCUT2D eigenvalue weighted by Gasteiger charge is 2.54. The molecule has 7 rings (SSSR count). The molecule has 0 saturated heterocycles. The number of carbonyl (C=O) groups is 1. The van der Waals surface area contributed by atoms with Crippen molar-refractivity contribution in [3.63, 3.8) is 0 Å². The van der Waals surface area contributed by atoms with Gasteiger partial charge in [0.1, 0.15) is 5.78 Å². The van der Waals surface area contributed by atoms with E-state index in [0.29, 0.717) is 16.6 Å². The monoisotopic (exact) mass is 478 g/mol. The van der Waals surface area contributed by atoms with Crippen molar-refractivity contribution in [3.8, 4) is 17.1 Å². The van der Waals surface area contributed by atoms with Crippen LogP contribution in [0.3, 0.4) is 0 Å². The Morgan fingerprint density at radius 2 is 1.73 bits per heavy atom. The zero-order valence-electron chi connectivity index (χ0n) is 18.7. The molecule has 4 aliphatic carbocycles. The lowest BCUT2D eigenvalue weighted by Crippen LogP contribution is -2.50. The lowest BCUT2D eigenvalue weighted by Gasteiger charge is -2.56. The van der Waals surface area contributed by atoms with Crippen LogP contribution in [0.1, 0.15) is 44.1 Å². The Morgan fingerprint density at radius 1 is 1.06 bits per heavy atom. The van der Waals surface area contributed by atoms with Crippen molar-refractivity contribution in [2.75, 3.05) is 5.75 Å². The molecule has 3 aromatic rings. The molecule has 0 atom stereocenters. The number of nitrogens with zero attached hydrogens (tertiary/aromatic N) is 4. The fraction of sp³-hybridized carbons (Fsp3) is 0.462. The first-order valence-corrected chi connectivity index (χ1v) is 13.2. The van der Waals surface area contributed by atoms with Gasteiger partial charge in [-0.1, -0.05) is 29.4 Å². The normalized spacial score (nSPS) is 27.8. The number of pyridine rings is 1. The van der Waals surface area contributed by atoms with Crippen LogP contribution in [-0.4, -0.2) is 31.3 Å². The number of hydrogen-bond donors (Lipinski definition) is 0. The molecule has 4 aliphatic rings. The van der Waals surface area contributed by atoms with Crippen LogP contribution >= 0.6 is 23.4 Å². The van der Waals surface area contributed by atoms with Crippen molar-refractivity contribution in [1.29, 1.82) is 0 Å². The molecule has 0 spiro atoms. The first-order chi connectivity index (χ1) is 16.0. The number of ketones is 1. The van der Waals surface area contributed by atoms with Crippen molar-refractivity contribution in [1.82, 2.24) is 19.7 Å². The largest absolute Gasteiger partial charge is 0.298 e. The van der Waals surface area contributed by atoms with E-state index >= 15 is 0 Å². The molecule has 4 bridgehead atoms. The Hall–Kier alpha value is -2.18. The molecule has 1 aromatic carbocycles. The van der Waals surface area contributed by atoms with E-state index in [1.54, 1.807) is 12.4 Å². The van der Waals surface area contributed by atoms with Gasteiger partial charge in [-0.2, -0.15) is 0 Å². The van der Waals surface area contributed by atoms with E-state index in [1.165, 1.54) is 31.0 Å². The third kappa shape index (κ3) is 3.71. The zero-order chi connectivity index (χ0) is 22.6. The number of halogens is 1. The highest BCUT2D eigenvalue weighted by Crippen LogP contribution is 2.60. The smallest absolute Gasteiger partial charge is 0.196 e. The summed E-state index contributed by atoms with van der Waals surface area (Å²) < 4.78 is 2.04. The summed E-state index contributed by atoms with van der Waals surface area (Å²) in [5.41, 5.74) is 2.73. The Balaban J connectivity index is 1.32. The Labute approximate surface area is 203 Å². The molecule has 4 fully saturated rings. The summed E-state index contributed by atoms with van der Waals surface area (Å²) >= 11 is 7.97. The van der Waals surface area contributed by atoms with Gasteiger partial charge in [0.15, 0.2) is 11.0 Å². The number of thioether (sulfide) groups is 1. The summed E-state index contributed by atoms with van der Waals surface area (Å²) in [5, 5.41) is 10.5. The molecule has 4 saturated carbocycles. The van der Waals surface area contributed by atoms with E-state index in [9.17, 15) is 4.79 Å². The van der Waals surface area contributed by atoms with Gasteiger partial charge in [-0.25, -0.2) is 0 Å². The first kappa shape index (κ1) is 21.4. The van der Waals surface area contributed by atoms with Gasteiger partial charge in [0.05, 0.1) is 11.4 Å². The molecule has 170 valence electrons. The maximum Gasteiger partial charge on any atom is 0.196 e. The number of benzene rings is 1. The van der Waals surface area contributed by atoms with Crippen molar-refractivity contribution in [2.45, 2.75) is 50.6 Å². The van der Waals surface area contributed by atoms with Crippen molar-refractivity contribution in [3.05, 3.63) is 53.3 Å². The first-order valence-electron chi connectivity index (χ1n) is 11.8. The molecule has 0 aliphatic heterocycles. The summed E-state index contributed by atoms with van der Waals surface area (Å²) in [5.74, 6) is 3.88. The van der Waals surface area contributed by atoms with E-state index in [4.69, 9.17) is 11.6 Å². The third-order valence-electron chi connectivity index (χ3n) is 8.01. The highest BCUT2D eigenvalue weighted by molar-refractivity contribution is 7.99. The van der Waals surface area contributed by atoms with Gasteiger partial charge in [0, 0.05) is 28.4 Å². The molecule has 0 amide bonds. The number of Topliss-reactive ketones (excluding diaryl/α,β-unsaturated/α-hetero) is 1. The number of aromatic nitrogens is 4. The van der Waals surface area contributed by atoms with Crippen LogP contribution in [0.4, 0.5) is 0 Å². The van der Waals surface area contributed by atoms with Gasteiger partial charge in [0.25, 0.3) is 0 Å². The van der Waals surface area contributed by atoms with Gasteiger partial charge in [-0.3, -0.25) is 14.3 Å². The van der Waals surface area contributed by atoms with Crippen molar-refractivity contribution < 1.29 is 4.79 Å². The predicted octanol–water partition coefficient (Wildman–Crippen LogP) is 6.17. The summed E-state index contributed by atoms with van der Waals surface area (Å²) in [6.07, 6.45) is 10.8. The van der Waals surface area contributed by atoms with Crippen LogP contribution in [0, 0.1) is 30.1 Å². The third-order valence-corrected chi connectivity index (χ3v) is 9.35. The van der Waals surface area contributed by atoms with E-state index in [1.807, 2.05) is 41.8 Å². The molecular weight excluding hydrogens is 452 g/mol. The SMILES string of the molecule is Cc1c(Cl)cccc1-n1c(SCC(=O)C23CC4CC(CC(C4)C2)C3)nnc1-c1ccncc1. The van der Waals surface area contributed by atoms with E-state index in [2.05, 4.69) is 15.2 Å². The number of rotatable bonds is 6. The summed E-state index contributed by atoms with van der Waals surface area (Å²) in [6.45, 7) is 2.00. The van der Waals surface area contributed by atoms with Crippen LogP contribution < -0.4 is 0 Å². The van der Waals surface area contributed by atoms with Gasteiger partial charge in [0.2, 0.25) is 0 Å². The molecule has 33 heavy (non-hydrogen) atoms. The van der Waals surface area contributed by atoms with Crippen LogP contribution in [-0.2, 0) is 4.79 Å². The molecule has 7 heteroatoms. The number of carbonyl (C=O) groups excluding carboxylic acids is 1. The quantitative estimate of drug-likeness (QED) is 0.396. The van der Waals surface area contributed by atoms with Gasteiger partial charge in [-0.15, -0.1) is 10.2 Å². The van der Waals surface area contributed by atoms with Crippen LogP contribution in [0.25, 0.3) is 17.1 Å². The van der Waals surface area contributed by atoms with Crippen LogP contribution in [0.2, 0.25) is 5.02 Å². The van der Waals surface area contributed by atoms with Gasteiger partial charge < -0.3 is 0 Å². The summed E-state index contributed by atoms with van der Waals surface area (Å²) in [4.78, 5) is 17.7. The van der Waals surface area contributed by atoms with E-state index in [-0.39, 0.29) is 5.41 Å². The van der Waals surface area contributed by atoms with Crippen LogP contribution in [0.15, 0.2) is 47.9 Å². The average molecular weight is 479 g/mol. The van der Waals surface area contributed by atoms with Crippen molar-refractivity contribution in [2.24, 2.45) is 23.2 Å². The summed E-state index contributed by atoms with van der Waals surface area (Å²) in [7, 11) is 0. The Kier molecular flexibility index (Phi) is 5.33.